The van der Waals surface area contributed by atoms with Crippen molar-refractivity contribution >= 4 is 5.91 Å². The van der Waals surface area contributed by atoms with Crippen LogP contribution in [0, 0.1) is 11.6 Å². The maximum Gasteiger partial charge on any atom is 0.274 e. The van der Waals surface area contributed by atoms with Crippen LogP contribution in [0.2, 0.25) is 0 Å². The summed E-state index contributed by atoms with van der Waals surface area (Å²) in [6, 6.07) is 5.27. The van der Waals surface area contributed by atoms with Crippen LogP contribution >= 0.6 is 0 Å². The van der Waals surface area contributed by atoms with Crippen LogP contribution in [0.4, 0.5) is 8.78 Å². The molecule has 1 amide bonds. The molecule has 5 nitrogen and oxygen atoms in total. The number of piperazine rings is 1. The highest BCUT2D eigenvalue weighted by atomic mass is 19.1. The van der Waals surface area contributed by atoms with Crippen molar-refractivity contribution < 1.29 is 13.6 Å². The fourth-order valence-electron chi connectivity index (χ4n) is 2.55. The summed E-state index contributed by atoms with van der Waals surface area (Å²) in [6.45, 7) is 3.88. The van der Waals surface area contributed by atoms with Crippen LogP contribution in [0.15, 0.2) is 30.5 Å². The Balaban J connectivity index is 1.86. The number of hydrogen-bond donors (Lipinski definition) is 1. The Hall–Kier alpha value is -2.28. The minimum atomic E-state index is -0.724. The molecule has 116 valence electrons. The Morgan fingerprint density at radius 3 is 2.73 bits per heavy atom. The molecule has 7 heteroatoms. The standard InChI is InChI=1S/C15H16F2N4O/c1-10-9-20(8-6-18-10)15(22)13-5-7-21(19-13)14-11(16)3-2-4-12(14)17/h2-5,7,10,18H,6,8-9H2,1H3/t10-/m0/s1. The molecule has 3 rings (SSSR count). The van der Waals surface area contributed by atoms with Gasteiger partial charge in [-0.1, -0.05) is 6.07 Å². The van der Waals surface area contributed by atoms with Crippen molar-refractivity contribution in [2.24, 2.45) is 0 Å². The third-order valence-corrected chi connectivity index (χ3v) is 3.63. The summed E-state index contributed by atoms with van der Waals surface area (Å²) in [6.07, 6.45) is 1.39. The molecule has 1 saturated heterocycles. The second-order valence-corrected chi connectivity index (χ2v) is 5.32. The Bertz CT molecular complexity index is 680. The highest BCUT2D eigenvalue weighted by Gasteiger charge is 2.24. The first kappa shape index (κ1) is 14.6. The normalized spacial score (nSPS) is 18.5. The molecule has 1 atom stereocenters. The highest BCUT2D eigenvalue weighted by Crippen LogP contribution is 2.17. The molecule has 0 aliphatic carbocycles. The van der Waals surface area contributed by atoms with Gasteiger partial charge in [-0.15, -0.1) is 0 Å². The van der Waals surface area contributed by atoms with E-state index in [9.17, 15) is 13.6 Å². The second-order valence-electron chi connectivity index (χ2n) is 5.32. The van der Waals surface area contributed by atoms with Crippen LogP contribution in [0.3, 0.4) is 0 Å². The number of carbonyl (C=O) groups is 1. The van der Waals surface area contributed by atoms with Gasteiger partial charge in [0.05, 0.1) is 0 Å². The smallest absolute Gasteiger partial charge is 0.274 e. The van der Waals surface area contributed by atoms with Crippen LogP contribution in [0.5, 0.6) is 0 Å². The second kappa shape index (κ2) is 5.84. The predicted molar refractivity (Wildman–Crippen MR) is 76.8 cm³/mol. The molecule has 2 heterocycles. The number of hydrogen-bond acceptors (Lipinski definition) is 3. The van der Waals surface area contributed by atoms with E-state index in [1.165, 1.54) is 18.3 Å². The van der Waals surface area contributed by atoms with Crippen molar-refractivity contribution in [2.75, 3.05) is 19.6 Å². The number of nitrogens with one attached hydrogen (secondary N) is 1. The summed E-state index contributed by atoms with van der Waals surface area (Å²) in [5.41, 5.74) is -0.105. The molecule has 0 spiro atoms. The van der Waals surface area contributed by atoms with Gasteiger partial charge in [-0.05, 0) is 25.1 Å². The fraction of sp³-hybridized carbons (Fsp3) is 0.333. The van der Waals surface area contributed by atoms with Gasteiger partial charge in [0.2, 0.25) is 0 Å². The molecule has 1 aromatic heterocycles. The summed E-state index contributed by atoms with van der Waals surface area (Å²) in [4.78, 5) is 14.1. The van der Waals surface area contributed by atoms with Crippen molar-refractivity contribution in [3.63, 3.8) is 0 Å². The minimum Gasteiger partial charge on any atom is -0.334 e. The Morgan fingerprint density at radius 2 is 2.05 bits per heavy atom. The van der Waals surface area contributed by atoms with Gasteiger partial charge in [0.25, 0.3) is 5.91 Å². The zero-order chi connectivity index (χ0) is 15.7. The van der Waals surface area contributed by atoms with Crippen molar-refractivity contribution in [3.05, 3.63) is 47.8 Å². The van der Waals surface area contributed by atoms with E-state index in [0.717, 1.165) is 23.4 Å². The monoisotopic (exact) mass is 306 g/mol. The molecule has 1 N–H and O–H groups in total. The average molecular weight is 306 g/mol. The number of halogens is 2. The van der Waals surface area contributed by atoms with Crippen molar-refractivity contribution in [2.45, 2.75) is 13.0 Å². The zero-order valence-electron chi connectivity index (χ0n) is 12.1. The predicted octanol–water partition coefficient (Wildman–Crippen LogP) is 1.58. The summed E-state index contributed by atoms with van der Waals surface area (Å²) in [5.74, 6) is -1.68. The van der Waals surface area contributed by atoms with Crippen LogP contribution < -0.4 is 5.32 Å². The van der Waals surface area contributed by atoms with Crippen LogP contribution in [-0.4, -0.2) is 46.3 Å². The van der Waals surface area contributed by atoms with E-state index >= 15 is 0 Å². The van der Waals surface area contributed by atoms with Gasteiger partial charge >= 0.3 is 0 Å². The van der Waals surface area contributed by atoms with E-state index in [1.807, 2.05) is 6.92 Å². The lowest BCUT2D eigenvalue weighted by Crippen LogP contribution is -2.51. The maximum absolute atomic E-state index is 13.7. The zero-order valence-corrected chi connectivity index (χ0v) is 12.1. The summed E-state index contributed by atoms with van der Waals surface area (Å²) in [7, 11) is 0. The molecule has 1 fully saturated rings. The first-order chi connectivity index (χ1) is 10.6. The highest BCUT2D eigenvalue weighted by molar-refractivity contribution is 5.92. The van der Waals surface area contributed by atoms with E-state index in [0.29, 0.717) is 13.1 Å². The van der Waals surface area contributed by atoms with E-state index in [4.69, 9.17) is 0 Å². The number of carbonyl (C=O) groups excluding carboxylic acids is 1. The van der Waals surface area contributed by atoms with Gasteiger partial charge in [0, 0.05) is 31.9 Å². The van der Waals surface area contributed by atoms with Gasteiger partial charge in [-0.3, -0.25) is 4.79 Å². The summed E-state index contributed by atoms with van der Waals surface area (Å²) >= 11 is 0. The lowest BCUT2D eigenvalue weighted by Gasteiger charge is -2.31. The van der Waals surface area contributed by atoms with Crippen molar-refractivity contribution in [1.29, 1.82) is 0 Å². The molecule has 0 saturated carbocycles. The van der Waals surface area contributed by atoms with E-state index < -0.39 is 11.6 Å². The number of para-hydroxylation sites is 1. The molecule has 0 bridgehead atoms. The molecule has 2 aromatic rings. The molecule has 0 radical (unpaired) electrons. The lowest BCUT2D eigenvalue weighted by atomic mass is 10.2. The molecule has 1 aliphatic heterocycles. The molecule has 22 heavy (non-hydrogen) atoms. The molecular formula is C15H16F2N4O. The Labute approximate surface area is 126 Å². The quantitative estimate of drug-likeness (QED) is 0.916. The number of nitrogens with zero attached hydrogens (tertiary/aromatic N) is 3. The van der Waals surface area contributed by atoms with Gasteiger partial charge in [-0.25, -0.2) is 13.5 Å². The van der Waals surface area contributed by atoms with Gasteiger partial charge in [-0.2, -0.15) is 5.10 Å². The summed E-state index contributed by atoms with van der Waals surface area (Å²) < 4.78 is 28.6. The minimum absolute atomic E-state index is 0.178. The largest absolute Gasteiger partial charge is 0.334 e. The van der Waals surface area contributed by atoms with Crippen molar-refractivity contribution in [1.82, 2.24) is 20.0 Å². The van der Waals surface area contributed by atoms with E-state index in [2.05, 4.69) is 10.4 Å². The Kier molecular flexibility index (Phi) is 3.89. The maximum atomic E-state index is 13.7. The first-order valence-electron chi connectivity index (χ1n) is 7.09. The van der Waals surface area contributed by atoms with Crippen molar-refractivity contribution in [3.8, 4) is 5.69 Å². The summed E-state index contributed by atoms with van der Waals surface area (Å²) in [5, 5.41) is 7.27. The molecule has 1 aromatic carbocycles. The van der Waals surface area contributed by atoms with Crippen LogP contribution in [0.1, 0.15) is 17.4 Å². The van der Waals surface area contributed by atoms with Crippen LogP contribution in [-0.2, 0) is 0 Å². The number of amides is 1. The van der Waals surface area contributed by atoms with Crippen LogP contribution in [0.25, 0.3) is 5.69 Å². The Morgan fingerprint density at radius 1 is 1.32 bits per heavy atom. The topological polar surface area (TPSA) is 50.2 Å². The third kappa shape index (κ3) is 2.71. The fourth-order valence-corrected chi connectivity index (χ4v) is 2.55. The number of aromatic nitrogens is 2. The van der Waals surface area contributed by atoms with Gasteiger partial charge in [0.1, 0.15) is 5.69 Å². The number of rotatable bonds is 2. The lowest BCUT2D eigenvalue weighted by molar-refractivity contribution is 0.0702. The van der Waals surface area contributed by atoms with Gasteiger partial charge in [0.15, 0.2) is 17.3 Å². The van der Waals surface area contributed by atoms with Gasteiger partial charge < -0.3 is 10.2 Å². The van der Waals surface area contributed by atoms with E-state index in [-0.39, 0.29) is 23.3 Å². The van der Waals surface area contributed by atoms with E-state index in [1.54, 1.807) is 4.90 Å². The average Bonchev–Trinajstić information content (AvgIpc) is 2.96. The third-order valence-electron chi connectivity index (χ3n) is 3.63. The first-order valence-corrected chi connectivity index (χ1v) is 7.09. The molecule has 1 aliphatic rings. The molecule has 0 unspecified atom stereocenters. The molecular weight excluding hydrogens is 290 g/mol. The number of benzene rings is 1. The SMILES string of the molecule is C[C@H]1CN(C(=O)c2ccn(-c3c(F)cccc3F)n2)CCN1.